The molecule has 1 aliphatic rings. The van der Waals surface area contributed by atoms with Gasteiger partial charge in [-0.1, -0.05) is 13.3 Å². The van der Waals surface area contributed by atoms with Crippen molar-refractivity contribution >= 4 is 5.91 Å². The lowest BCUT2D eigenvalue weighted by atomic mass is 10.2. The molecule has 2 N–H and O–H groups in total. The molecule has 0 aromatic rings. The van der Waals surface area contributed by atoms with Crippen molar-refractivity contribution in [2.75, 3.05) is 26.2 Å². The van der Waals surface area contributed by atoms with Crippen molar-refractivity contribution in [3.05, 3.63) is 0 Å². The second-order valence-corrected chi connectivity index (χ2v) is 4.78. The molecule has 0 bridgehead atoms. The molecule has 1 unspecified atom stereocenters. The maximum atomic E-state index is 11.8. The molecule has 1 aliphatic heterocycles. The molecule has 4 nitrogen and oxygen atoms in total. The monoisotopic (exact) mass is 227 g/mol. The lowest BCUT2D eigenvalue weighted by Crippen LogP contribution is -2.53. The second-order valence-electron chi connectivity index (χ2n) is 4.78. The summed E-state index contributed by atoms with van der Waals surface area (Å²) in [5.74, 6) is 0.162. The molecule has 0 aliphatic carbocycles. The van der Waals surface area contributed by atoms with Crippen molar-refractivity contribution in [1.29, 1.82) is 0 Å². The van der Waals surface area contributed by atoms with Gasteiger partial charge < -0.3 is 10.6 Å². The summed E-state index contributed by atoms with van der Waals surface area (Å²) in [6.07, 6.45) is 2.17. The molecular weight excluding hydrogens is 202 g/mol. The van der Waals surface area contributed by atoms with Gasteiger partial charge in [0.2, 0.25) is 5.91 Å². The van der Waals surface area contributed by atoms with E-state index in [1.54, 1.807) is 0 Å². The molecule has 16 heavy (non-hydrogen) atoms. The highest BCUT2D eigenvalue weighted by atomic mass is 16.2. The van der Waals surface area contributed by atoms with Crippen LogP contribution < -0.4 is 10.6 Å². The molecule has 1 heterocycles. The number of hydrogen-bond acceptors (Lipinski definition) is 3. The smallest absolute Gasteiger partial charge is 0.234 e. The molecule has 0 spiro atoms. The van der Waals surface area contributed by atoms with Crippen LogP contribution in [0.5, 0.6) is 0 Å². The van der Waals surface area contributed by atoms with Crippen LogP contribution in [0.15, 0.2) is 0 Å². The van der Waals surface area contributed by atoms with Gasteiger partial charge in [-0.25, -0.2) is 0 Å². The molecule has 0 radical (unpaired) electrons. The number of nitrogens with zero attached hydrogens (tertiary/aromatic N) is 1. The SMILES string of the molecule is CCCC(C)NC(=O)CN1CCNC[C@H]1C. The number of rotatable bonds is 5. The van der Waals surface area contributed by atoms with Crippen LogP contribution in [0, 0.1) is 0 Å². The molecule has 2 atom stereocenters. The summed E-state index contributed by atoms with van der Waals surface area (Å²) in [4.78, 5) is 14.0. The molecule has 0 saturated carbocycles. The van der Waals surface area contributed by atoms with Crippen molar-refractivity contribution in [2.45, 2.75) is 45.7 Å². The third-order valence-electron chi connectivity index (χ3n) is 3.11. The Labute approximate surface area is 98.8 Å². The van der Waals surface area contributed by atoms with Crippen LogP contribution in [-0.4, -0.2) is 49.1 Å². The van der Waals surface area contributed by atoms with Crippen LogP contribution in [-0.2, 0) is 4.79 Å². The molecule has 0 aromatic carbocycles. The molecule has 94 valence electrons. The predicted octanol–water partition coefficient (Wildman–Crippen LogP) is 0.585. The Morgan fingerprint density at radius 2 is 2.38 bits per heavy atom. The minimum atomic E-state index is 0.162. The Hall–Kier alpha value is -0.610. The number of amides is 1. The first-order valence-corrected chi connectivity index (χ1v) is 6.37. The van der Waals surface area contributed by atoms with E-state index < -0.39 is 0 Å². The van der Waals surface area contributed by atoms with Gasteiger partial charge in [0.1, 0.15) is 0 Å². The fourth-order valence-electron chi connectivity index (χ4n) is 2.13. The zero-order valence-electron chi connectivity index (χ0n) is 10.8. The normalized spacial score (nSPS) is 24.1. The summed E-state index contributed by atoms with van der Waals surface area (Å²) < 4.78 is 0. The maximum absolute atomic E-state index is 11.8. The average molecular weight is 227 g/mol. The summed E-state index contributed by atoms with van der Waals surface area (Å²) in [7, 11) is 0. The Kier molecular flexibility index (Phi) is 5.77. The standard InChI is InChI=1S/C12H25N3O/c1-4-5-10(2)14-12(16)9-15-7-6-13-8-11(15)3/h10-11,13H,4-9H2,1-3H3,(H,14,16)/t10?,11-/m1/s1. The van der Waals surface area contributed by atoms with Crippen LogP contribution in [0.4, 0.5) is 0 Å². The van der Waals surface area contributed by atoms with Crippen molar-refractivity contribution in [3.63, 3.8) is 0 Å². The zero-order chi connectivity index (χ0) is 12.0. The van der Waals surface area contributed by atoms with Crippen LogP contribution in [0.1, 0.15) is 33.6 Å². The molecule has 1 amide bonds. The van der Waals surface area contributed by atoms with E-state index in [1.807, 2.05) is 0 Å². The highest BCUT2D eigenvalue weighted by molar-refractivity contribution is 5.78. The van der Waals surface area contributed by atoms with E-state index in [1.165, 1.54) is 0 Å². The minimum absolute atomic E-state index is 0.162. The van der Waals surface area contributed by atoms with E-state index in [0.717, 1.165) is 32.5 Å². The Morgan fingerprint density at radius 1 is 1.62 bits per heavy atom. The molecule has 1 rings (SSSR count). The van der Waals surface area contributed by atoms with Crippen LogP contribution in [0.3, 0.4) is 0 Å². The second kappa shape index (κ2) is 6.86. The van der Waals surface area contributed by atoms with Crippen LogP contribution in [0.2, 0.25) is 0 Å². The fraction of sp³-hybridized carbons (Fsp3) is 0.917. The van der Waals surface area contributed by atoms with Gasteiger partial charge >= 0.3 is 0 Å². The van der Waals surface area contributed by atoms with Gasteiger partial charge in [0, 0.05) is 31.7 Å². The summed E-state index contributed by atoms with van der Waals surface area (Å²) in [5.41, 5.74) is 0. The third-order valence-corrected chi connectivity index (χ3v) is 3.11. The van der Waals surface area contributed by atoms with E-state index in [2.05, 4.69) is 36.3 Å². The number of carbonyl (C=O) groups is 1. The van der Waals surface area contributed by atoms with E-state index in [-0.39, 0.29) is 5.91 Å². The summed E-state index contributed by atoms with van der Waals surface area (Å²) in [5, 5.41) is 6.37. The fourth-order valence-corrected chi connectivity index (χ4v) is 2.13. The first kappa shape index (κ1) is 13.5. The van der Waals surface area contributed by atoms with Crippen molar-refractivity contribution in [2.24, 2.45) is 0 Å². The summed E-state index contributed by atoms with van der Waals surface area (Å²) in [6.45, 7) is 9.85. The van der Waals surface area contributed by atoms with Gasteiger partial charge in [-0.05, 0) is 20.3 Å². The minimum Gasteiger partial charge on any atom is -0.353 e. The zero-order valence-corrected chi connectivity index (χ0v) is 10.8. The summed E-state index contributed by atoms with van der Waals surface area (Å²) in [6, 6.07) is 0.761. The van der Waals surface area contributed by atoms with Gasteiger partial charge in [0.25, 0.3) is 0 Å². The van der Waals surface area contributed by atoms with Gasteiger partial charge in [-0.3, -0.25) is 9.69 Å². The number of carbonyl (C=O) groups excluding carboxylic acids is 1. The Balaban J connectivity index is 2.27. The largest absolute Gasteiger partial charge is 0.353 e. The van der Waals surface area contributed by atoms with E-state index in [4.69, 9.17) is 0 Å². The van der Waals surface area contributed by atoms with Crippen molar-refractivity contribution in [3.8, 4) is 0 Å². The number of nitrogens with one attached hydrogen (secondary N) is 2. The van der Waals surface area contributed by atoms with Crippen molar-refractivity contribution < 1.29 is 4.79 Å². The lowest BCUT2D eigenvalue weighted by molar-refractivity contribution is -0.123. The van der Waals surface area contributed by atoms with Crippen LogP contribution >= 0.6 is 0 Å². The Bertz CT molecular complexity index is 220. The molecule has 4 heteroatoms. The first-order chi connectivity index (χ1) is 7.63. The molecular formula is C12H25N3O. The highest BCUT2D eigenvalue weighted by Crippen LogP contribution is 2.02. The van der Waals surface area contributed by atoms with E-state index >= 15 is 0 Å². The van der Waals surface area contributed by atoms with Gasteiger partial charge in [-0.15, -0.1) is 0 Å². The first-order valence-electron chi connectivity index (χ1n) is 6.37. The number of hydrogen-bond donors (Lipinski definition) is 2. The number of piperazine rings is 1. The highest BCUT2D eigenvalue weighted by Gasteiger charge is 2.20. The van der Waals surface area contributed by atoms with Crippen molar-refractivity contribution in [1.82, 2.24) is 15.5 Å². The van der Waals surface area contributed by atoms with Gasteiger partial charge in [0.15, 0.2) is 0 Å². The maximum Gasteiger partial charge on any atom is 0.234 e. The van der Waals surface area contributed by atoms with Crippen LogP contribution in [0.25, 0.3) is 0 Å². The Morgan fingerprint density at radius 3 is 3.00 bits per heavy atom. The average Bonchev–Trinajstić information content (AvgIpc) is 2.21. The topological polar surface area (TPSA) is 44.4 Å². The molecule has 1 saturated heterocycles. The van der Waals surface area contributed by atoms with Gasteiger partial charge in [-0.2, -0.15) is 0 Å². The quantitative estimate of drug-likeness (QED) is 0.722. The van der Waals surface area contributed by atoms with E-state index in [9.17, 15) is 4.79 Å². The molecule has 1 fully saturated rings. The summed E-state index contributed by atoms with van der Waals surface area (Å²) >= 11 is 0. The predicted molar refractivity (Wildman–Crippen MR) is 66.4 cm³/mol. The lowest BCUT2D eigenvalue weighted by Gasteiger charge is -2.33. The van der Waals surface area contributed by atoms with E-state index in [0.29, 0.717) is 18.6 Å². The molecule has 0 aromatic heterocycles. The van der Waals surface area contributed by atoms with Gasteiger partial charge in [0.05, 0.1) is 6.54 Å². The third kappa shape index (κ3) is 4.49.